The maximum absolute atomic E-state index is 6.25. The third-order valence-electron chi connectivity index (χ3n) is 4.60. The van der Waals surface area contributed by atoms with Gasteiger partial charge < -0.3 is 10.3 Å². The summed E-state index contributed by atoms with van der Waals surface area (Å²) in [6.45, 7) is 0. The maximum Gasteiger partial charge on any atom is 0.237 e. The van der Waals surface area contributed by atoms with Gasteiger partial charge in [0.05, 0.1) is 11.0 Å². The van der Waals surface area contributed by atoms with Crippen LogP contribution in [0.15, 0.2) is 34.9 Å². The lowest BCUT2D eigenvalue weighted by molar-refractivity contribution is 0.228. The van der Waals surface area contributed by atoms with Gasteiger partial charge in [-0.1, -0.05) is 35.5 Å². The van der Waals surface area contributed by atoms with Gasteiger partial charge in [-0.3, -0.25) is 0 Å². The number of aromatic nitrogens is 2. The molecule has 5 heteroatoms. The Balaban J connectivity index is 0.00000121. The van der Waals surface area contributed by atoms with Crippen LogP contribution in [0.5, 0.6) is 0 Å². The normalized spacial score (nSPS) is 21.6. The van der Waals surface area contributed by atoms with Crippen LogP contribution in [0, 0.1) is 0 Å². The highest BCUT2D eigenvalue weighted by atomic mass is 35.5. The van der Waals surface area contributed by atoms with Crippen molar-refractivity contribution in [2.75, 3.05) is 0 Å². The number of hydrogen-bond acceptors (Lipinski definition) is 4. The Kier molecular flexibility index (Phi) is 3.10. The molecule has 0 amide bonds. The molecule has 2 aliphatic carbocycles. The van der Waals surface area contributed by atoms with E-state index >= 15 is 0 Å². The van der Waals surface area contributed by atoms with Crippen LogP contribution in [0.3, 0.4) is 0 Å². The third-order valence-corrected chi connectivity index (χ3v) is 4.60. The molecule has 1 aromatic heterocycles. The van der Waals surface area contributed by atoms with Gasteiger partial charge >= 0.3 is 0 Å². The van der Waals surface area contributed by atoms with E-state index in [-0.39, 0.29) is 23.4 Å². The van der Waals surface area contributed by atoms with E-state index in [1.54, 1.807) is 0 Å². The van der Waals surface area contributed by atoms with Gasteiger partial charge in [0.25, 0.3) is 0 Å². The summed E-state index contributed by atoms with van der Waals surface area (Å²) in [5.74, 6) is 1.43. The lowest BCUT2D eigenvalue weighted by Gasteiger charge is -2.34. The average molecular weight is 292 g/mol. The molecule has 2 aliphatic rings. The van der Waals surface area contributed by atoms with Gasteiger partial charge in [0.1, 0.15) is 0 Å². The van der Waals surface area contributed by atoms with Crippen molar-refractivity contribution in [1.82, 2.24) is 10.1 Å². The second-order valence-corrected chi connectivity index (χ2v) is 5.88. The standard InChI is InChI=1S/C15H17N3O.ClH/c16-15(7-4-8-15)12-17-13(19-18-12)14(9-10-14)11-5-2-1-3-6-11;/h1-3,5-6H,4,7-10,16H2;1H. The van der Waals surface area contributed by atoms with Gasteiger partial charge in [0.2, 0.25) is 5.89 Å². The van der Waals surface area contributed by atoms with E-state index in [9.17, 15) is 0 Å². The molecule has 2 saturated carbocycles. The second kappa shape index (κ2) is 4.57. The highest BCUT2D eigenvalue weighted by Crippen LogP contribution is 2.53. The minimum Gasteiger partial charge on any atom is -0.338 e. The molecule has 20 heavy (non-hydrogen) atoms. The summed E-state index contributed by atoms with van der Waals surface area (Å²) in [6, 6.07) is 10.4. The number of hydrogen-bond donors (Lipinski definition) is 1. The molecule has 2 aromatic rings. The summed E-state index contributed by atoms with van der Waals surface area (Å²) >= 11 is 0. The van der Waals surface area contributed by atoms with E-state index in [2.05, 4.69) is 34.4 Å². The van der Waals surface area contributed by atoms with Crippen LogP contribution in [0.1, 0.15) is 49.4 Å². The van der Waals surface area contributed by atoms with E-state index < -0.39 is 0 Å². The molecule has 4 nitrogen and oxygen atoms in total. The van der Waals surface area contributed by atoms with Crippen LogP contribution in [-0.4, -0.2) is 10.1 Å². The molecule has 0 spiro atoms. The van der Waals surface area contributed by atoms with Gasteiger partial charge in [-0.05, 0) is 37.7 Å². The number of rotatable bonds is 3. The van der Waals surface area contributed by atoms with Gasteiger partial charge in [-0.2, -0.15) is 4.98 Å². The summed E-state index contributed by atoms with van der Waals surface area (Å²) in [6.07, 6.45) is 5.24. The zero-order valence-electron chi connectivity index (χ0n) is 11.2. The van der Waals surface area contributed by atoms with Crippen molar-refractivity contribution in [3.05, 3.63) is 47.6 Å². The quantitative estimate of drug-likeness (QED) is 0.944. The van der Waals surface area contributed by atoms with Crippen LogP contribution >= 0.6 is 12.4 Å². The Labute approximate surface area is 124 Å². The monoisotopic (exact) mass is 291 g/mol. The van der Waals surface area contributed by atoms with Crippen LogP contribution in [0.2, 0.25) is 0 Å². The molecule has 0 unspecified atom stereocenters. The van der Waals surface area contributed by atoms with Crippen LogP contribution in [0.4, 0.5) is 0 Å². The topological polar surface area (TPSA) is 64.9 Å². The van der Waals surface area contributed by atoms with Gasteiger partial charge in [0.15, 0.2) is 5.82 Å². The molecule has 0 aliphatic heterocycles. The van der Waals surface area contributed by atoms with Crippen molar-refractivity contribution in [3.63, 3.8) is 0 Å². The average Bonchev–Trinajstić information content (AvgIpc) is 3.08. The van der Waals surface area contributed by atoms with Gasteiger partial charge in [-0.15, -0.1) is 12.4 Å². The SMILES string of the molecule is Cl.NC1(c2noc(C3(c4ccccc4)CC3)n2)CCC1. The van der Waals surface area contributed by atoms with E-state index in [1.165, 1.54) is 5.56 Å². The lowest BCUT2D eigenvalue weighted by atomic mass is 9.77. The Morgan fingerprint density at radius 3 is 2.30 bits per heavy atom. The van der Waals surface area contributed by atoms with E-state index in [1.807, 2.05) is 6.07 Å². The van der Waals surface area contributed by atoms with Crippen LogP contribution in [0.25, 0.3) is 0 Å². The molecule has 0 saturated heterocycles. The van der Waals surface area contributed by atoms with Crippen molar-refractivity contribution in [2.45, 2.75) is 43.1 Å². The Hall–Kier alpha value is -1.39. The molecule has 106 valence electrons. The van der Waals surface area contributed by atoms with E-state index in [4.69, 9.17) is 10.3 Å². The highest BCUT2D eigenvalue weighted by molar-refractivity contribution is 5.85. The zero-order valence-corrected chi connectivity index (χ0v) is 12.0. The molecule has 0 atom stereocenters. The van der Waals surface area contributed by atoms with Crippen molar-refractivity contribution in [3.8, 4) is 0 Å². The van der Waals surface area contributed by atoms with E-state index in [0.717, 1.165) is 38.0 Å². The molecule has 2 N–H and O–H groups in total. The summed E-state index contributed by atoms with van der Waals surface area (Å²) in [5, 5.41) is 4.13. The fourth-order valence-corrected chi connectivity index (χ4v) is 2.91. The van der Waals surface area contributed by atoms with Crippen molar-refractivity contribution in [1.29, 1.82) is 0 Å². The summed E-state index contributed by atoms with van der Waals surface area (Å²) in [5.41, 5.74) is 7.14. The summed E-state index contributed by atoms with van der Waals surface area (Å²) in [7, 11) is 0. The predicted octanol–water partition coefficient (Wildman–Crippen LogP) is 2.91. The number of nitrogens with zero attached hydrogens (tertiary/aromatic N) is 2. The van der Waals surface area contributed by atoms with Crippen molar-refractivity contribution < 1.29 is 4.52 Å². The Bertz CT molecular complexity index is 603. The van der Waals surface area contributed by atoms with Crippen molar-refractivity contribution >= 4 is 12.4 Å². The fraction of sp³-hybridized carbons (Fsp3) is 0.467. The summed E-state index contributed by atoms with van der Waals surface area (Å²) in [4.78, 5) is 4.61. The van der Waals surface area contributed by atoms with Crippen LogP contribution < -0.4 is 5.73 Å². The number of halogens is 1. The molecule has 1 heterocycles. The van der Waals surface area contributed by atoms with Gasteiger partial charge in [-0.25, -0.2) is 0 Å². The minimum atomic E-state index is -0.339. The smallest absolute Gasteiger partial charge is 0.237 e. The zero-order chi connectivity index (χ0) is 12.9. The Morgan fingerprint density at radius 2 is 1.75 bits per heavy atom. The minimum absolute atomic E-state index is 0. The third kappa shape index (κ3) is 1.86. The second-order valence-electron chi connectivity index (χ2n) is 5.88. The first-order valence-electron chi connectivity index (χ1n) is 6.92. The van der Waals surface area contributed by atoms with Gasteiger partial charge in [0, 0.05) is 0 Å². The Morgan fingerprint density at radius 1 is 1.05 bits per heavy atom. The first-order valence-corrected chi connectivity index (χ1v) is 6.92. The molecule has 4 rings (SSSR count). The molecule has 2 fully saturated rings. The van der Waals surface area contributed by atoms with E-state index in [0.29, 0.717) is 5.82 Å². The first kappa shape index (κ1) is 13.6. The van der Waals surface area contributed by atoms with Crippen molar-refractivity contribution in [2.24, 2.45) is 5.73 Å². The number of nitrogens with two attached hydrogens (primary N) is 1. The van der Waals surface area contributed by atoms with Crippen LogP contribution in [-0.2, 0) is 11.0 Å². The lowest BCUT2D eigenvalue weighted by Crippen LogP contribution is -2.44. The molecular weight excluding hydrogens is 274 g/mol. The number of benzene rings is 1. The largest absolute Gasteiger partial charge is 0.338 e. The maximum atomic E-state index is 6.25. The predicted molar refractivity (Wildman–Crippen MR) is 77.7 cm³/mol. The highest BCUT2D eigenvalue weighted by Gasteiger charge is 2.52. The molecule has 1 aromatic carbocycles. The molecular formula is C15H18ClN3O. The molecule has 0 radical (unpaired) electrons. The molecule has 0 bridgehead atoms. The fourth-order valence-electron chi connectivity index (χ4n) is 2.91. The first-order chi connectivity index (χ1) is 9.23. The summed E-state index contributed by atoms with van der Waals surface area (Å²) < 4.78 is 5.53.